The summed E-state index contributed by atoms with van der Waals surface area (Å²) in [5, 5.41) is 13.8. The summed E-state index contributed by atoms with van der Waals surface area (Å²) < 4.78 is 7.03. The van der Waals surface area contributed by atoms with E-state index in [1.54, 1.807) is 13.2 Å². The number of rotatable bonds is 7. The second kappa shape index (κ2) is 8.04. The first-order chi connectivity index (χ1) is 11.1. The molecule has 1 heterocycles. The molecule has 0 saturated heterocycles. The molecule has 0 bridgehead atoms. The molecule has 0 spiro atoms. The van der Waals surface area contributed by atoms with Gasteiger partial charge in [-0.3, -0.25) is 4.99 Å². The zero-order valence-electron chi connectivity index (χ0n) is 13.1. The molecule has 1 aliphatic rings. The highest BCUT2D eigenvalue weighted by molar-refractivity contribution is 5.97. The van der Waals surface area contributed by atoms with Gasteiger partial charge in [0, 0.05) is 24.9 Å². The average molecular weight is 317 g/mol. The van der Waals surface area contributed by atoms with E-state index in [1.807, 2.05) is 31.4 Å². The Morgan fingerprint density at radius 3 is 3.00 bits per heavy atom. The standard InChI is InChI=1S/C15H19N5O3/c1-16-8-3-9-17-12-4-6-13(7-5-12)23-11-14-18-10-15(19(14)2)20(21)22/h3-4,6-7,9-10,16H,5,8,11H2,1-2H3. The Labute approximate surface area is 134 Å². The van der Waals surface area contributed by atoms with E-state index in [0.29, 0.717) is 18.0 Å². The molecule has 1 aromatic heterocycles. The van der Waals surface area contributed by atoms with Crippen LogP contribution < -0.4 is 5.32 Å². The number of nitrogens with zero attached hydrogens (tertiary/aromatic N) is 4. The quantitative estimate of drug-likeness (QED) is 0.612. The van der Waals surface area contributed by atoms with Crippen molar-refractivity contribution in [3.8, 4) is 0 Å². The summed E-state index contributed by atoms with van der Waals surface area (Å²) in [6.07, 6.45) is 11.2. The van der Waals surface area contributed by atoms with Crippen molar-refractivity contribution in [2.45, 2.75) is 13.0 Å². The van der Waals surface area contributed by atoms with Gasteiger partial charge in [0.05, 0.1) is 7.05 Å². The number of aromatic nitrogens is 2. The molecule has 0 aliphatic heterocycles. The second-order valence-electron chi connectivity index (χ2n) is 4.84. The third-order valence-electron chi connectivity index (χ3n) is 3.23. The molecule has 0 amide bonds. The lowest BCUT2D eigenvalue weighted by Crippen LogP contribution is -2.05. The van der Waals surface area contributed by atoms with Crippen molar-refractivity contribution in [2.24, 2.45) is 12.0 Å². The maximum absolute atomic E-state index is 10.8. The van der Waals surface area contributed by atoms with Gasteiger partial charge >= 0.3 is 5.82 Å². The number of allylic oxidation sites excluding steroid dienone is 3. The summed E-state index contributed by atoms with van der Waals surface area (Å²) >= 11 is 0. The monoisotopic (exact) mass is 317 g/mol. The molecule has 0 saturated carbocycles. The molecule has 1 aliphatic carbocycles. The van der Waals surface area contributed by atoms with Crippen LogP contribution in [0.4, 0.5) is 5.82 Å². The minimum absolute atomic E-state index is 0.0560. The Kier molecular flexibility index (Phi) is 5.81. The van der Waals surface area contributed by atoms with Crippen molar-refractivity contribution in [3.05, 3.63) is 58.4 Å². The maximum atomic E-state index is 10.8. The van der Waals surface area contributed by atoms with Crippen LogP contribution in [0.1, 0.15) is 12.2 Å². The van der Waals surface area contributed by atoms with Crippen molar-refractivity contribution in [2.75, 3.05) is 13.6 Å². The van der Waals surface area contributed by atoms with E-state index in [2.05, 4.69) is 15.3 Å². The summed E-state index contributed by atoms with van der Waals surface area (Å²) in [5.41, 5.74) is 0.942. The van der Waals surface area contributed by atoms with Crippen LogP contribution in [0.2, 0.25) is 0 Å². The fraction of sp³-hybridized carbons (Fsp3) is 0.333. The third kappa shape index (κ3) is 4.62. The highest BCUT2D eigenvalue weighted by Crippen LogP contribution is 2.15. The number of aliphatic imine (C=N–C) groups is 1. The highest BCUT2D eigenvalue weighted by atomic mass is 16.6. The molecule has 23 heavy (non-hydrogen) atoms. The summed E-state index contributed by atoms with van der Waals surface area (Å²) in [6, 6.07) is 0. The van der Waals surface area contributed by atoms with Gasteiger partial charge in [-0.05, 0) is 30.2 Å². The SMILES string of the molecule is CNCC=CN=C1C=CC(OCc2ncc([N+](=O)[O-])n2C)=CC1. The number of nitro groups is 1. The highest BCUT2D eigenvalue weighted by Gasteiger charge is 2.17. The van der Waals surface area contributed by atoms with Crippen LogP contribution >= 0.6 is 0 Å². The maximum Gasteiger partial charge on any atom is 0.342 e. The second-order valence-corrected chi connectivity index (χ2v) is 4.84. The lowest BCUT2D eigenvalue weighted by atomic mass is 10.1. The summed E-state index contributed by atoms with van der Waals surface area (Å²) in [7, 11) is 3.47. The van der Waals surface area contributed by atoms with Crippen molar-refractivity contribution in [1.29, 1.82) is 0 Å². The first-order valence-electron chi connectivity index (χ1n) is 7.14. The molecule has 122 valence electrons. The van der Waals surface area contributed by atoms with E-state index in [0.717, 1.165) is 12.3 Å². The smallest absolute Gasteiger partial charge is 0.342 e. The molecule has 2 rings (SSSR count). The summed E-state index contributed by atoms with van der Waals surface area (Å²) in [4.78, 5) is 18.6. The summed E-state index contributed by atoms with van der Waals surface area (Å²) in [5.74, 6) is 1.15. The van der Waals surface area contributed by atoms with Crippen molar-refractivity contribution in [1.82, 2.24) is 14.9 Å². The lowest BCUT2D eigenvalue weighted by molar-refractivity contribution is -0.391. The van der Waals surface area contributed by atoms with Crippen molar-refractivity contribution < 1.29 is 9.66 Å². The molecule has 0 atom stereocenters. The van der Waals surface area contributed by atoms with Crippen molar-refractivity contribution >= 4 is 11.5 Å². The normalized spacial score (nSPS) is 16.1. The van der Waals surface area contributed by atoms with Gasteiger partial charge in [0.15, 0.2) is 6.61 Å². The molecule has 8 nitrogen and oxygen atoms in total. The van der Waals surface area contributed by atoms with Crippen LogP contribution in [0.25, 0.3) is 0 Å². The zero-order valence-corrected chi connectivity index (χ0v) is 13.1. The number of ether oxygens (including phenoxy) is 1. The number of nitrogens with one attached hydrogen (secondary N) is 1. The van der Waals surface area contributed by atoms with Crippen LogP contribution in [0.5, 0.6) is 0 Å². The number of likely N-dealkylation sites (N-methyl/N-ethyl adjacent to an activating group) is 1. The zero-order chi connectivity index (χ0) is 16.7. The summed E-state index contributed by atoms with van der Waals surface area (Å²) in [6.45, 7) is 0.954. The van der Waals surface area contributed by atoms with E-state index in [9.17, 15) is 10.1 Å². The van der Waals surface area contributed by atoms with Gasteiger partial charge in [-0.25, -0.2) is 9.55 Å². The van der Waals surface area contributed by atoms with Gasteiger partial charge < -0.3 is 20.2 Å². The van der Waals surface area contributed by atoms with Gasteiger partial charge in [0.25, 0.3) is 0 Å². The largest absolute Gasteiger partial charge is 0.484 e. The van der Waals surface area contributed by atoms with E-state index in [4.69, 9.17) is 4.74 Å². The van der Waals surface area contributed by atoms with Gasteiger partial charge in [-0.1, -0.05) is 6.08 Å². The minimum atomic E-state index is -0.472. The van der Waals surface area contributed by atoms with Crippen LogP contribution in [0.3, 0.4) is 0 Å². The van der Waals surface area contributed by atoms with Gasteiger partial charge in [0.2, 0.25) is 5.82 Å². The molecule has 1 aromatic rings. The number of hydrogen-bond acceptors (Lipinski definition) is 6. The van der Waals surface area contributed by atoms with Crippen LogP contribution in [0.15, 0.2) is 47.5 Å². The van der Waals surface area contributed by atoms with E-state index >= 15 is 0 Å². The molecule has 1 N–H and O–H groups in total. The predicted octanol–water partition coefficient (Wildman–Crippen LogP) is 1.86. The Morgan fingerprint density at radius 1 is 1.57 bits per heavy atom. The topological polar surface area (TPSA) is 94.6 Å². The van der Waals surface area contributed by atoms with E-state index in [-0.39, 0.29) is 12.4 Å². The predicted molar refractivity (Wildman–Crippen MR) is 87.0 cm³/mol. The van der Waals surface area contributed by atoms with E-state index < -0.39 is 4.92 Å². The van der Waals surface area contributed by atoms with Gasteiger partial charge in [-0.15, -0.1) is 0 Å². The molecule has 0 aromatic carbocycles. The Morgan fingerprint density at radius 2 is 2.39 bits per heavy atom. The fourth-order valence-electron chi connectivity index (χ4n) is 1.93. The molecular formula is C15H19N5O3. The molecular weight excluding hydrogens is 298 g/mol. The van der Waals surface area contributed by atoms with Crippen LogP contribution in [0, 0.1) is 10.1 Å². The van der Waals surface area contributed by atoms with Crippen LogP contribution in [-0.2, 0) is 18.4 Å². The molecule has 0 unspecified atom stereocenters. The number of hydrogen-bond donors (Lipinski definition) is 1. The Hall–Kier alpha value is -2.74. The molecule has 0 fully saturated rings. The third-order valence-corrected chi connectivity index (χ3v) is 3.23. The Bertz CT molecular complexity index is 685. The van der Waals surface area contributed by atoms with Gasteiger partial charge in [-0.2, -0.15) is 0 Å². The minimum Gasteiger partial charge on any atom is -0.484 e. The average Bonchev–Trinajstić information content (AvgIpc) is 2.92. The Balaban J connectivity index is 1.88. The molecule has 0 radical (unpaired) electrons. The van der Waals surface area contributed by atoms with Crippen molar-refractivity contribution in [3.63, 3.8) is 0 Å². The van der Waals surface area contributed by atoms with Gasteiger partial charge in [0.1, 0.15) is 12.0 Å². The fourth-order valence-corrected chi connectivity index (χ4v) is 1.93. The van der Waals surface area contributed by atoms with Crippen LogP contribution in [-0.4, -0.2) is 33.8 Å². The first-order valence-corrected chi connectivity index (χ1v) is 7.14. The van der Waals surface area contributed by atoms with E-state index in [1.165, 1.54) is 10.8 Å². The first kappa shape index (κ1) is 16.6. The number of imidazole rings is 1. The molecule has 8 heteroatoms. The lowest BCUT2D eigenvalue weighted by Gasteiger charge is -2.09.